The summed E-state index contributed by atoms with van der Waals surface area (Å²) in [6.45, 7) is 3.24. The first-order valence-electron chi connectivity index (χ1n) is 6.43. The first kappa shape index (κ1) is 13.3. The van der Waals surface area contributed by atoms with Gasteiger partial charge in [0.2, 0.25) is 0 Å². The normalized spacial score (nSPS) is 16.8. The van der Waals surface area contributed by atoms with Gasteiger partial charge in [0.1, 0.15) is 11.9 Å². The van der Waals surface area contributed by atoms with Gasteiger partial charge in [0, 0.05) is 24.5 Å². The summed E-state index contributed by atoms with van der Waals surface area (Å²) in [6.07, 6.45) is 2.92. The third kappa shape index (κ3) is 3.19. The smallest absolute Gasteiger partial charge is 0.168 e. The third-order valence-corrected chi connectivity index (χ3v) is 3.06. The van der Waals surface area contributed by atoms with Crippen molar-refractivity contribution in [2.45, 2.75) is 38.7 Å². The Labute approximate surface area is 106 Å². The Morgan fingerprint density at radius 1 is 1.28 bits per heavy atom. The molecule has 0 amide bonds. The van der Waals surface area contributed by atoms with Crippen molar-refractivity contribution in [2.75, 3.05) is 13.2 Å². The fraction of sp³-hybridized carbons (Fsp3) is 0.571. The van der Waals surface area contributed by atoms with Crippen LogP contribution in [0.15, 0.2) is 12.1 Å². The van der Waals surface area contributed by atoms with Crippen LogP contribution in [-0.4, -0.2) is 19.3 Å². The average Bonchev–Trinajstić information content (AvgIpc) is 2.35. The van der Waals surface area contributed by atoms with Gasteiger partial charge in [0.25, 0.3) is 0 Å². The van der Waals surface area contributed by atoms with E-state index in [-0.39, 0.29) is 11.9 Å². The summed E-state index contributed by atoms with van der Waals surface area (Å²) in [7, 11) is 0. The Morgan fingerprint density at radius 2 is 2.00 bits per heavy atom. The zero-order chi connectivity index (χ0) is 13.0. The van der Waals surface area contributed by atoms with E-state index >= 15 is 0 Å². The largest absolute Gasteiger partial charge is 0.487 e. The number of aryl methyl sites for hydroxylation is 1. The highest BCUT2D eigenvalue weighted by atomic mass is 19.1. The van der Waals surface area contributed by atoms with Gasteiger partial charge in [-0.25, -0.2) is 8.78 Å². The molecule has 18 heavy (non-hydrogen) atoms. The number of benzene rings is 1. The fourth-order valence-corrected chi connectivity index (χ4v) is 2.16. The predicted molar refractivity (Wildman–Crippen MR) is 64.8 cm³/mol. The predicted octanol–water partition coefficient (Wildman–Crippen LogP) is 3.48. The molecule has 1 heterocycles. The number of rotatable bonds is 4. The molecule has 0 saturated carbocycles. The molecule has 1 fully saturated rings. The van der Waals surface area contributed by atoms with Crippen LogP contribution in [0, 0.1) is 11.6 Å². The molecule has 4 heteroatoms. The van der Waals surface area contributed by atoms with Crippen molar-refractivity contribution in [3.05, 3.63) is 29.3 Å². The molecule has 1 aromatic carbocycles. The van der Waals surface area contributed by atoms with Gasteiger partial charge < -0.3 is 9.47 Å². The van der Waals surface area contributed by atoms with Crippen molar-refractivity contribution < 1.29 is 18.3 Å². The summed E-state index contributed by atoms with van der Waals surface area (Å²) in [5.41, 5.74) is 0.612. The van der Waals surface area contributed by atoms with Gasteiger partial charge in [-0.1, -0.05) is 13.3 Å². The summed E-state index contributed by atoms with van der Waals surface area (Å²) in [5.74, 6) is -0.939. The van der Waals surface area contributed by atoms with Gasteiger partial charge in [-0.15, -0.1) is 0 Å². The maximum atomic E-state index is 13.8. The second kappa shape index (κ2) is 6.14. The minimum Gasteiger partial charge on any atom is -0.487 e. The Balaban J connectivity index is 2.18. The molecule has 1 saturated heterocycles. The number of hydrogen-bond acceptors (Lipinski definition) is 2. The number of ether oxygens (including phenoxy) is 2. The molecule has 0 spiro atoms. The lowest BCUT2D eigenvalue weighted by Crippen LogP contribution is -2.26. The van der Waals surface area contributed by atoms with E-state index in [1.807, 2.05) is 6.92 Å². The minimum absolute atomic E-state index is 0.0330. The molecule has 0 N–H and O–H groups in total. The number of halogens is 2. The van der Waals surface area contributed by atoms with Crippen LogP contribution in [0.2, 0.25) is 0 Å². The molecule has 1 aromatic rings. The molecule has 100 valence electrons. The Morgan fingerprint density at radius 3 is 2.67 bits per heavy atom. The zero-order valence-electron chi connectivity index (χ0n) is 10.5. The maximum Gasteiger partial charge on any atom is 0.168 e. The lowest BCUT2D eigenvalue weighted by atomic mass is 10.1. The van der Waals surface area contributed by atoms with Crippen LogP contribution in [0.1, 0.15) is 31.7 Å². The van der Waals surface area contributed by atoms with Gasteiger partial charge in [0.15, 0.2) is 11.6 Å². The van der Waals surface area contributed by atoms with Crippen LogP contribution in [-0.2, 0) is 11.2 Å². The highest BCUT2D eigenvalue weighted by Gasteiger charge is 2.20. The maximum absolute atomic E-state index is 13.8. The highest BCUT2D eigenvalue weighted by molar-refractivity contribution is 5.36. The molecule has 1 aliphatic rings. The van der Waals surface area contributed by atoms with Crippen molar-refractivity contribution in [1.29, 1.82) is 0 Å². The Kier molecular flexibility index (Phi) is 4.53. The van der Waals surface area contributed by atoms with Crippen molar-refractivity contribution >= 4 is 0 Å². The van der Waals surface area contributed by atoms with Crippen molar-refractivity contribution in [3.8, 4) is 5.75 Å². The first-order chi connectivity index (χ1) is 8.70. The Hall–Kier alpha value is -1.16. The van der Waals surface area contributed by atoms with Crippen LogP contribution >= 0.6 is 0 Å². The van der Waals surface area contributed by atoms with Crippen LogP contribution in [0.3, 0.4) is 0 Å². The van der Waals surface area contributed by atoms with Crippen molar-refractivity contribution in [2.24, 2.45) is 0 Å². The summed E-state index contributed by atoms with van der Waals surface area (Å²) >= 11 is 0. The quantitative estimate of drug-likeness (QED) is 0.821. The SMILES string of the molecule is CCCc1cc(F)cc(F)c1OC1CCOCC1. The Bertz CT molecular complexity index is 401. The molecule has 0 aliphatic carbocycles. The van der Waals surface area contributed by atoms with E-state index in [0.29, 0.717) is 25.2 Å². The van der Waals surface area contributed by atoms with E-state index in [0.717, 1.165) is 25.3 Å². The molecular weight excluding hydrogens is 238 g/mol. The highest BCUT2D eigenvalue weighted by Crippen LogP contribution is 2.28. The molecule has 2 nitrogen and oxygen atoms in total. The lowest BCUT2D eigenvalue weighted by Gasteiger charge is -2.24. The minimum atomic E-state index is -0.607. The molecule has 0 atom stereocenters. The summed E-state index contributed by atoms with van der Waals surface area (Å²) in [5, 5.41) is 0. The van der Waals surface area contributed by atoms with Crippen LogP contribution < -0.4 is 4.74 Å². The second-order valence-electron chi connectivity index (χ2n) is 4.56. The zero-order valence-corrected chi connectivity index (χ0v) is 10.5. The van der Waals surface area contributed by atoms with E-state index < -0.39 is 11.6 Å². The molecule has 1 aliphatic heterocycles. The van der Waals surface area contributed by atoms with Crippen LogP contribution in [0.25, 0.3) is 0 Å². The summed E-state index contributed by atoms with van der Waals surface area (Å²) in [6, 6.07) is 2.25. The fourth-order valence-electron chi connectivity index (χ4n) is 2.16. The standard InChI is InChI=1S/C14H18F2O2/c1-2-3-10-8-11(15)9-13(16)14(10)18-12-4-6-17-7-5-12/h8-9,12H,2-7H2,1H3. The summed E-state index contributed by atoms with van der Waals surface area (Å²) in [4.78, 5) is 0. The van der Waals surface area contributed by atoms with E-state index in [2.05, 4.69) is 0 Å². The van der Waals surface area contributed by atoms with Gasteiger partial charge >= 0.3 is 0 Å². The van der Waals surface area contributed by atoms with E-state index in [9.17, 15) is 8.78 Å². The molecule has 2 rings (SSSR count). The van der Waals surface area contributed by atoms with Crippen molar-refractivity contribution in [3.63, 3.8) is 0 Å². The number of hydrogen-bond donors (Lipinski definition) is 0. The van der Waals surface area contributed by atoms with Gasteiger partial charge in [-0.05, 0) is 12.5 Å². The molecule has 0 radical (unpaired) electrons. The van der Waals surface area contributed by atoms with Crippen LogP contribution in [0.4, 0.5) is 8.78 Å². The van der Waals surface area contributed by atoms with Gasteiger partial charge in [-0.3, -0.25) is 0 Å². The second-order valence-corrected chi connectivity index (χ2v) is 4.56. The summed E-state index contributed by atoms with van der Waals surface area (Å²) < 4.78 is 37.9. The van der Waals surface area contributed by atoms with E-state index in [1.165, 1.54) is 6.07 Å². The van der Waals surface area contributed by atoms with Crippen molar-refractivity contribution in [1.82, 2.24) is 0 Å². The molecule has 0 bridgehead atoms. The van der Waals surface area contributed by atoms with E-state index in [4.69, 9.17) is 9.47 Å². The molecular formula is C14H18F2O2. The third-order valence-electron chi connectivity index (χ3n) is 3.06. The molecule has 0 unspecified atom stereocenters. The topological polar surface area (TPSA) is 18.5 Å². The van der Waals surface area contributed by atoms with E-state index in [1.54, 1.807) is 0 Å². The first-order valence-corrected chi connectivity index (χ1v) is 6.43. The molecule has 0 aromatic heterocycles. The van der Waals surface area contributed by atoms with Gasteiger partial charge in [0.05, 0.1) is 13.2 Å². The lowest BCUT2D eigenvalue weighted by molar-refractivity contribution is 0.0235. The average molecular weight is 256 g/mol. The van der Waals surface area contributed by atoms with Crippen LogP contribution in [0.5, 0.6) is 5.75 Å². The van der Waals surface area contributed by atoms with Gasteiger partial charge in [-0.2, -0.15) is 0 Å². The monoisotopic (exact) mass is 256 g/mol.